The highest BCUT2D eigenvalue weighted by atomic mass is 35.5. The van der Waals surface area contributed by atoms with Crippen molar-refractivity contribution in [2.75, 3.05) is 11.9 Å². The molecule has 0 unspecified atom stereocenters. The van der Waals surface area contributed by atoms with E-state index in [0.717, 1.165) is 6.42 Å². The molecule has 2 aromatic carbocycles. The van der Waals surface area contributed by atoms with Gasteiger partial charge in [-0.3, -0.25) is 14.4 Å². The van der Waals surface area contributed by atoms with Crippen LogP contribution in [0, 0.1) is 0 Å². The quantitative estimate of drug-likeness (QED) is 0.330. The van der Waals surface area contributed by atoms with Gasteiger partial charge in [-0.2, -0.15) is 5.10 Å². The molecule has 3 amide bonds. The molecule has 0 saturated carbocycles. The zero-order valence-corrected chi connectivity index (χ0v) is 18.3. The maximum absolute atomic E-state index is 12.1. The van der Waals surface area contributed by atoms with Crippen LogP contribution in [0.2, 0.25) is 5.02 Å². The lowest BCUT2D eigenvalue weighted by Crippen LogP contribution is -2.41. The molecule has 3 N–H and O–H groups in total. The first kappa shape index (κ1) is 23.9. The highest BCUT2D eigenvalue weighted by Gasteiger charge is 2.13. The number of anilines is 1. The SMILES string of the molecule is CCc1ccc(NC(=O)COc2ccc(/C=N\NC(=O)C(=O)NC(C)C)cc2Cl)cc1. The molecule has 0 heterocycles. The van der Waals surface area contributed by atoms with Gasteiger partial charge in [0.2, 0.25) is 0 Å². The van der Waals surface area contributed by atoms with Crippen molar-refractivity contribution in [3.05, 3.63) is 58.6 Å². The van der Waals surface area contributed by atoms with Gasteiger partial charge in [-0.1, -0.05) is 30.7 Å². The van der Waals surface area contributed by atoms with Crippen molar-refractivity contribution in [2.45, 2.75) is 33.2 Å². The molecule has 31 heavy (non-hydrogen) atoms. The first-order valence-electron chi connectivity index (χ1n) is 9.73. The average Bonchev–Trinajstić information content (AvgIpc) is 2.73. The van der Waals surface area contributed by atoms with Crippen LogP contribution in [0.15, 0.2) is 47.6 Å². The summed E-state index contributed by atoms with van der Waals surface area (Å²) >= 11 is 6.19. The van der Waals surface area contributed by atoms with E-state index in [0.29, 0.717) is 17.0 Å². The number of hydrogen-bond acceptors (Lipinski definition) is 5. The Hall–Kier alpha value is -3.39. The van der Waals surface area contributed by atoms with Crippen LogP contribution in [-0.2, 0) is 20.8 Å². The van der Waals surface area contributed by atoms with Crippen molar-refractivity contribution in [1.82, 2.24) is 10.7 Å². The van der Waals surface area contributed by atoms with Gasteiger partial charge >= 0.3 is 11.8 Å². The van der Waals surface area contributed by atoms with Gasteiger partial charge < -0.3 is 15.4 Å². The lowest BCUT2D eigenvalue weighted by atomic mass is 10.1. The maximum Gasteiger partial charge on any atom is 0.329 e. The maximum atomic E-state index is 12.1. The fraction of sp³-hybridized carbons (Fsp3) is 0.273. The normalized spacial score (nSPS) is 10.7. The number of rotatable bonds is 8. The Bertz CT molecular complexity index is 958. The second kappa shape index (κ2) is 11.7. The van der Waals surface area contributed by atoms with E-state index in [1.807, 2.05) is 24.3 Å². The molecule has 0 spiro atoms. The number of carbonyl (C=O) groups excluding carboxylic acids is 3. The lowest BCUT2D eigenvalue weighted by molar-refractivity contribution is -0.139. The van der Waals surface area contributed by atoms with Crippen LogP contribution in [0.3, 0.4) is 0 Å². The zero-order chi connectivity index (χ0) is 22.8. The van der Waals surface area contributed by atoms with E-state index in [9.17, 15) is 14.4 Å². The number of aryl methyl sites for hydroxylation is 1. The van der Waals surface area contributed by atoms with E-state index in [1.54, 1.807) is 32.0 Å². The molecular formula is C22H25ClN4O4. The van der Waals surface area contributed by atoms with Crippen LogP contribution in [0.4, 0.5) is 5.69 Å². The number of ether oxygens (including phenoxy) is 1. The summed E-state index contributed by atoms with van der Waals surface area (Å²) in [5.74, 6) is -1.62. The van der Waals surface area contributed by atoms with E-state index in [1.165, 1.54) is 11.8 Å². The van der Waals surface area contributed by atoms with Crippen molar-refractivity contribution >= 4 is 41.2 Å². The second-order valence-electron chi connectivity index (χ2n) is 6.90. The molecule has 2 aromatic rings. The van der Waals surface area contributed by atoms with Gasteiger partial charge in [0.15, 0.2) is 6.61 Å². The molecule has 0 aliphatic rings. The van der Waals surface area contributed by atoms with Crippen molar-refractivity contribution in [2.24, 2.45) is 5.10 Å². The minimum atomic E-state index is -0.869. The van der Waals surface area contributed by atoms with Gasteiger partial charge in [0.25, 0.3) is 5.91 Å². The fourth-order valence-corrected chi connectivity index (χ4v) is 2.67. The van der Waals surface area contributed by atoms with Crippen molar-refractivity contribution in [3.8, 4) is 5.75 Å². The second-order valence-corrected chi connectivity index (χ2v) is 7.31. The Labute approximate surface area is 186 Å². The summed E-state index contributed by atoms with van der Waals surface area (Å²) in [7, 11) is 0. The predicted octanol–water partition coefficient (Wildman–Crippen LogP) is 2.89. The minimum Gasteiger partial charge on any atom is -0.482 e. The molecule has 0 aliphatic carbocycles. The van der Waals surface area contributed by atoms with Crippen LogP contribution in [-0.4, -0.2) is 36.6 Å². The Kier molecular flexibility index (Phi) is 9.02. The molecule has 0 bridgehead atoms. The number of benzene rings is 2. The van der Waals surface area contributed by atoms with E-state index in [2.05, 4.69) is 28.1 Å². The summed E-state index contributed by atoms with van der Waals surface area (Å²) < 4.78 is 5.47. The topological polar surface area (TPSA) is 109 Å². The Morgan fingerprint density at radius 1 is 1.10 bits per heavy atom. The highest BCUT2D eigenvalue weighted by Crippen LogP contribution is 2.25. The largest absolute Gasteiger partial charge is 0.482 e. The van der Waals surface area contributed by atoms with Crippen molar-refractivity contribution in [3.63, 3.8) is 0 Å². The van der Waals surface area contributed by atoms with Gasteiger partial charge in [-0.05, 0) is 61.7 Å². The molecule has 9 heteroatoms. The third-order valence-electron chi connectivity index (χ3n) is 3.97. The predicted molar refractivity (Wildman–Crippen MR) is 120 cm³/mol. The highest BCUT2D eigenvalue weighted by molar-refractivity contribution is 6.35. The number of amides is 3. The number of halogens is 1. The first-order chi connectivity index (χ1) is 14.8. The third kappa shape index (κ3) is 8.10. The zero-order valence-electron chi connectivity index (χ0n) is 17.6. The van der Waals surface area contributed by atoms with Gasteiger partial charge in [0.05, 0.1) is 11.2 Å². The number of nitrogens with one attached hydrogen (secondary N) is 3. The van der Waals surface area contributed by atoms with E-state index in [-0.39, 0.29) is 23.6 Å². The molecule has 2 rings (SSSR count). The summed E-state index contributed by atoms with van der Waals surface area (Å²) in [6, 6.07) is 12.2. The van der Waals surface area contributed by atoms with Crippen LogP contribution in [0.1, 0.15) is 31.9 Å². The molecule has 0 radical (unpaired) electrons. The average molecular weight is 445 g/mol. The van der Waals surface area contributed by atoms with Crippen LogP contribution >= 0.6 is 11.6 Å². The van der Waals surface area contributed by atoms with Crippen LogP contribution < -0.4 is 20.8 Å². The van der Waals surface area contributed by atoms with Crippen molar-refractivity contribution < 1.29 is 19.1 Å². The molecule has 0 aromatic heterocycles. The first-order valence-corrected chi connectivity index (χ1v) is 10.1. The molecule has 0 atom stereocenters. The van der Waals surface area contributed by atoms with E-state index < -0.39 is 11.8 Å². The van der Waals surface area contributed by atoms with Gasteiger partial charge in [-0.25, -0.2) is 5.43 Å². The standard InChI is InChI=1S/C22H25ClN4O4/c1-4-15-5-8-17(9-6-15)26-20(28)13-31-19-10-7-16(11-18(19)23)12-24-27-22(30)21(29)25-14(2)3/h5-12,14H,4,13H2,1-3H3,(H,25,29)(H,26,28)(H,27,30)/b24-12-. The van der Waals surface area contributed by atoms with Crippen molar-refractivity contribution in [1.29, 1.82) is 0 Å². The minimum absolute atomic E-state index is 0.155. The molecule has 8 nitrogen and oxygen atoms in total. The molecule has 0 aliphatic heterocycles. The Balaban J connectivity index is 1.85. The number of hydrazone groups is 1. The van der Waals surface area contributed by atoms with Gasteiger partial charge in [0, 0.05) is 11.7 Å². The Morgan fingerprint density at radius 3 is 2.42 bits per heavy atom. The van der Waals surface area contributed by atoms with Crippen LogP contribution in [0.5, 0.6) is 5.75 Å². The van der Waals surface area contributed by atoms with Crippen LogP contribution in [0.25, 0.3) is 0 Å². The summed E-state index contributed by atoms with van der Waals surface area (Å²) in [5, 5.41) is 9.20. The number of nitrogens with zero attached hydrogens (tertiary/aromatic N) is 1. The molecule has 0 fully saturated rings. The smallest absolute Gasteiger partial charge is 0.329 e. The molecule has 0 saturated heterocycles. The summed E-state index contributed by atoms with van der Waals surface area (Å²) in [6.07, 6.45) is 2.26. The fourth-order valence-electron chi connectivity index (χ4n) is 2.42. The molecule has 164 valence electrons. The molecular weight excluding hydrogens is 420 g/mol. The van der Waals surface area contributed by atoms with E-state index in [4.69, 9.17) is 16.3 Å². The van der Waals surface area contributed by atoms with Gasteiger partial charge in [0.1, 0.15) is 5.75 Å². The summed E-state index contributed by atoms with van der Waals surface area (Å²) in [6.45, 7) is 5.34. The number of carbonyl (C=O) groups is 3. The third-order valence-corrected chi connectivity index (χ3v) is 4.26. The summed E-state index contributed by atoms with van der Waals surface area (Å²) in [5.41, 5.74) is 4.57. The Morgan fingerprint density at radius 2 is 1.81 bits per heavy atom. The van der Waals surface area contributed by atoms with E-state index >= 15 is 0 Å². The summed E-state index contributed by atoms with van der Waals surface area (Å²) in [4.78, 5) is 35.2. The van der Waals surface area contributed by atoms with Gasteiger partial charge in [-0.15, -0.1) is 0 Å². The number of hydrogen-bond donors (Lipinski definition) is 3. The lowest BCUT2D eigenvalue weighted by Gasteiger charge is -2.09. The monoisotopic (exact) mass is 444 g/mol.